The molecule has 0 aliphatic carbocycles. The monoisotopic (exact) mass is 264 g/mol. The summed E-state index contributed by atoms with van der Waals surface area (Å²) in [6, 6.07) is 5.71. The van der Waals surface area contributed by atoms with E-state index in [4.69, 9.17) is 23.8 Å². The van der Waals surface area contributed by atoms with Crippen molar-refractivity contribution in [1.29, 1.82) is 0 Å². The third-order valence-electron chi connectivity index (χ3n) is 2.62. The van der Waals surface area contributed by atoms with Gasteiger partial charge in [-0.05, 0) is 24.4 Å². The molecule has 1 N–H and O–H groups in total. The number of nitrogens with one attached hydrogen (secondary N) is 1. The van der Waals surface area contributed by atoms with Gasteiger partial charge in [0.25, 0.3) is 0 Å². The number of imidazole rings is 1. The van der Waals surface area contributed by atoms with E-state index >= 15 is 0 Å². The molecule has 0 radical (unpaired) electrons. The fourth-order valence-electron chi connectivity index (χ4n) is 1.88. The summed E-state index contributed by atoms with van der Waals surface area (Å²) in [7, 11) is 1.87. The van der Waals surface area contributed by atoms with Crippen molar-refractivity contribution < 1.29 is 0 Å². The first-order valence-electron chi connectivity index (χ1n) is 5.05. The number of halogens is 1. The molecular weight excluding hydrogens is 256 g/mol. The molecular formula is C11H9ClN4S. The summed E-state index contributed by atoms with van der Waals surface area (Å²) in [6.07, 6.45) is 3.67. The number of H-pyrrole nitrogens is 1. The number of benzene rings is 1. The Labute approximate surface area is 107 Å². The topological polar surface area (TPSA) is 38.5 Å². The number of hydrogen-bond acceptors (Lipinski definition) is 2. The van der Waals surface area contributed by atoms with Gasteiger partial charge in [0.05, 0.1) is 27.9 Å². The molecule has 6 heteroatoms. The predicted molar refractivity (Wildman–Crippen MR) is 70.2 cm³/mol. The SMILES string of the molecule is Cn1cc(-n2c(=S)[nH]c3c(Cl)cccc32)cn1. The largest absolute Gasteiger partial charge is 0.329 e. The van der Waals surface area contributed by atoms with Gasteiger partial charge in [0, 0.05) is 13.2 Å². The van der Waals surface area contributed by atoms with Crippen molar-refractivity contribution in [3.8, 4) is 5.69 Å². The summed E-state index contributed by atoms with van der Waals surface area (Å²) < 4.78 is 4.27. The van der Waals surface area contributed by atoms with Gasteiger partial charge in [-0.25, -0.2) is 0 Å². The van der Waals surface area contributed by atoms with Crippen LogP contribution in [-0.4, -0.2) is 19.3 Å². The molecule has 0 fully saturated rings. The molecule has 0 unspecified atom stereocenters. The van der Waals surface area contributed by atoms with E-state index in [9.17, 15) is 0 Å². The average molecular weight is 265 g/mol. The van der Waals surface area contributed by atoms with Crippen LogP contribution in [0.2, 0.25) is 5.02 Å². The smallest absolute Gasteiger partial charge is 0.182 e. The highest BCUT2D eigenvalue weighted by atomic mass is 35.5. The van der Waals surface area contributed by atoms with Gasteiger partial charge in [0.1, 0.15) is 0 Å². The Morgan fingerprint density at radius 2 is 2.24 bits per heavy atom. The zero-order valence-electron chi connectivity index (χ0n) is 9.01. The molecule has 0 atom stereocenters. The van der Waals surface area contributed by atoms with Gasteiger partial charge >= 0.3 is 0 Å². The first-order valence-corrected chi connectivity index (χ1v) is 5.84. The molecule has 1 aromatic carbocycles. The van der Waals surface area contributed by atoms with Gasteiger partial charge in [0.15, 0.2) is 4.77 Å². The second-order valence-electron chi connectivity index (χ2n) is 3.77. The first kappa shape index (κ1) is 10.6. The van der Waals surface area contributed by atoms with Crippen LogP contribution >= 0.6 is 23.8 Å². The van der Waals surface area contributed by atoms with Crippen LogP contribution in [-0.2, 0) is 7.05 Å². The molecule has 0 aliphatic rings. The molecule has 0 spiro atoms. The number of para-hydroxylation sites is 1. The number of aromatic nitrogens is 4. The third kappa shape index (κ3) is 1.59. The number of rotatable bonds is 1. The van der Waals surface area contributed by atoms with E-state index in [-0.39, 0.29) is 0 Å². The molecule has 2 heterocycles. The van der Waals surface area contributed by atoms with Crippen molar-refractivity contribution in [3.63, 3.8) is 0 Å². The number of nitrogens with zero attached hydrogens (tertiary/aromatic N) is 3. The molecule has 0 saturated heterocycles. The Morgan fingerprint density at radius 3 is 2.94 bits per heavy atom. The molecule has 3 rings (SSSR count). The normalized spacial score (nSPS) is 11.2. The molecule has 17 heavy (non-hydrogen) atoms. The standard InChI is InChI=1S/C11H9ClN4S/c1-15-6-7(5-13-15)16-9-4-2-3-8(12)10(9)14-11(16)17/h2-6H,1H3,(H,14,17). The average Bonchev–Trinajstić information content (AvgIpc) is 2.82. The summed E-state index contributed by atoms with van der Waals surface area (Å²) in [5.74, 6) is 0. The first-order chi connectivity index (χ1) is 8.16. The van der Waals surface area contributed by atoms with Gasteiger partial charge in [-0.15, -0.1) is 0 Å². The van der Waals surface area contributed by atoms with E-state index in [0.29, 0.717) is 9.79 Å². The van der Waals surface area contributed by atoms with Crippen LogP contribution in [0, 0.1) is 4.77 Å². The van der Waals surface area contributed by atoms with Crippen LogP contribution in [0.25, 0.3) is 16.7 Å². The molecule has 2 aromatic heterocycles. The van der Waals surface area contributed by atoms with Crippen LogP contribution in [0.1, 0.15) is 0 Å². The second-order valence-corrected chi connectivity index (χ2v) is 4.57. The number of aryl methyl sites for hydroxylation is 1. The fourth-order valence-corrected chi connectivity index (χ4v) is 2.40. The van der Waals surface area contributed by atoms with E-state index in [1.807, 2.05) is 36.0 Å². The maximum absolute atomic E-state index is 6.12. The molecule has 0 amide bonds. The van der Waals surface area contributed by atoms with Gasteiger partial charge in [0.2, 0.25) is 0 Å². The Balaban J connectivity index is 2.40. The van der Waals surface area contributed by atoms with Crippen molar-refractivity contribution in [3.05, 3.63) is 40.4 Å². The van der Waals surface area contributed by atoms with Gasteiger partial charge in [-0.1, -0.05) is 17.7 Å². The summed E-state index contributed by atoms with van der Waals surface area (Å²) in [5.41, 5.74) is 2.73. The highest BCUT2D eigenvalue weighted by Gasteiger charge is 2.09. The minimum absolute atomic E-state index is 0.612. The summed E-state index contributed by atoms with van der Waals surface area (Å²) in [6.45, 7) is 0. The number of fused-ring (bicyclic) bond motifs is 1. The highest BCUT2D eigenvalue weighted by Crippen LogP contribution is 2.24. The third-order valence-corrected chi connectivity index (χ3v) is 3.22. The minimum atomic E-state index is 0.612. The quantitative estimate of drug-likeness (QED) is 0.686. The number of hydrogen-bond donors (Lipinski definition) is 1. The van der Waals surface area contributed by atoms with E-state index in [1.165, 1.54) is 0 Å². The highest BCUT2D eigenvalue weighted by molar-refractivity contribution is 7.71. The van der Waals surface area contributed by atoms with E-state index < -0.39 is 0 Å². The van der Waals surface area contributed by atoms with E-state index in [0.717, 1.165) is 16.7 Å². The van der Waals surface area contributed by atoms with E-state index in [1.54, 1.807) is 10.9 Å². The Hall–Kier alpha value is -1.59. The lowest BCUT2D eigenvalue weighted by Gasteiger charge is -1.99. The minimum Gasteiger partial charge on any atom is -0.329 e. The Morgan fingerprint density at radius 1 is 1.41 bits per heavy atom. The van der Waals surface area contributed by atoms with Crippen molar-refractivity contribution in [2.45, 2.75) is 0 Å². The number of aromatic amines is 1. The fraction of sp³-hybridized carbons (Fsp3) is 0.0909. The summed E-state index contributed by atoms with van der Waals surface area (Å²) >= 11 is 11.4. The van der Waals surface area contributed by atoms with Crippen LogP contribution in [0.3, 0.4) is 0 Å². The zero-order chi connectivity index (χ0) is 12.0. The van der Waals surface area contributed by atoms with Crippen molar-refractivity contribution in [2.24, 2.45) is 7.05 Å². The molecule has 0 saturated carbocycles. The lowest BCUT2D eigenvalue weighted by molar-refractivity contribution is 0.767. The van der Waals surface area contributed by atoms with Gasteiger partial charge < -0.3 is 4.98 Å². The zero-order valence-corrected chi connectivity index (χ0v) is 10.6. The maximum atomic E-state index is 6.12. The van der Waals surface area contributed by atoms with Crippen molar-refractivity contribution >= 4 is 34.9 Å². The lowest BCUT2D eigenvalue weighted by Crippen LogP contribution is -1.92. The molecule has 0 bridgehead atoms. The molecule has 4 nitrogen and oxygen atoms in total. The van der Waals surface area contributed by atoms with Crippen LogP contribution in [0.5, 0.6) is 0 Å². The van der Waals surface area contributed by atoms with Crippen molar-refractivity contribution in [2.75, 3.05) is 0 Å². The van der Waals surface area contributed by atoms with Crippen molar-refractivity contribution in [1.82, 2.24) is 19.3 Å². The van der Waals surface area contributed by atoms with E-state index in [2.05, 4.69) is 10.1 Å². The second kappa shape index (κ2) is 3.72. The summed E-state index contributed by atoms with van der Waals surface area (Å²) in [5, 5.41) is 4.81. The Bertz CT molecular complexity index is 752. The maximum Gasteiger partial charge on any atom is 0.182 e. The van der Waals surface area contributed by atoms with Gasteiger partial charge in [-0.2, -0.15) is 5.10 Å². The van der Waals surface area contributed by atoms with Crippen LogP contribution < -0.4 is 0 Å². The van der Waals surface area contributed by atoms with Gasteiger partial charge in [-0.3, -0.25) is 9.25 Å². The predicted octanol–water partition coefficient (Wildman–Crippen LogP) is 3.07. The van der Waals surface area contributed by atoms with Crippen LogP contribution in [0.4, 0.5) is 0 Å². The molecule has 86 valence electrons. The van der Waals surface area contributed by atoms with Crippen LogP contribution in [0.15, 0.2) is 30.6 Å². The lowest BCUT2D eigenvalue weighted by atomic mass is 10.3. The molecule has 3 aromatic rings. The summed E-state index contributed by atoms with van der Waals surface area (Å²) in [4.78, 5) is 3.11. The molecule has 0 aliphatic heterocycles. The Kier molecular flexibility index (Phi) is 2.31.